The van der Waals surface area contributed by atoms with Gasteiger partial charge in [-0.2, -0.15) is 0 Å². The second-order valence-electron chi connectivity index (χ2n) is 28.7. The minimum atomic E-state index is -0.790. The largest absolute Gasteiger partial charge is 0.454 e. The SMILES string of the molecule is Cc1ccccc1N(c1ccc(C(C)(C)C)cc1)c1cc2c(c3c1oc1ccccc13)-c1cc3c(cc1C21c2ccccc2-c2ccccc21)-c1c(cc(N(c2ccc(C(C)(C)C)cc2)c2ccccc2C)c2oc4ccccc4c12)C31c2ccccc2-c2ccccc21. The van der Waals surface area contributed by atoms with Crippen LogP contribution in [0.1, 0.15) is 108 Å². The van der Waals surface area contributed by atoms with Crippen LogP contribution in [0, 0.1) is 13.8 Å². The van der Waals surface area contributed by atoms with Crippen LogP contribution in [0.3, 0.4) is 0 Å². The predicted molar refractivity (Wildman–Crippen MR) is 390 cm³/mol. The van der Waals surface area contributed by atoms with Crippen molar-refractivity contribution < 1.29 is 8.83 Å². The molecule has 0 fully saturated rings. The minimum Gasteiger partial charge on any atom is -0.454 e. The van der Waals surface area contributed by atoms with E-state index in [9.17, 15) is 0 Å². The van der Waals surface area contributed by atoms with Gasteiger partial charge in [-0.25, -0.2) is 0 Å². The third-order valence-corrected chi connectivity index (χ3v) is 21.7. The first kappa shape index (κ1) is 54.8. The summed E-state index contributed by atoms with van der Waals surface area (Å²) in [6.07, 6.45) is 0. The van der Waals surface area contributed by atoms with Crippen molar-refractivity contribution in [3.63, 3.8) is 0 Å². The van der Waals surface area contributed by atoms with Crippen molar-refractivity contribution in [2.75, 3.05) is 9.80 Å². The van der Waals surface area contributed by atoms with E-state index in [4.69, 9.17) is 8.83 Å². The lowest BCUT2D eigenvalue weighted by molar-refractivity contribution is 0.590. The van der Waals surface area contributed by atoms with E-state index >= 15 is 0 Å². The fourth-order valence-electron chi connectivity index (χ4n) is 17.5. The smallest absolute Gasteiger partial charge is 0.160 e. The Morgan fingerprint density at radius 3 is 0.957 bits per heavy atom. The Bertz CT molecular complexity index is 5290. The third kappa shape index (κ3) is 7.18. The van der Waals surface area contributed by atoms with Crippen LogP contribution >= 0.6 is 0 Å². The van der Waals surface area contributed by atoms with Crippen LogP contribution in [0.2, 0.25) is 0 Å². The van der Waals surface area contributed by atoms with Gasteiger partial charge in [-0.05, 0) is 209 Å². The Morgan fingerprint density at radius 1 is 0.287 bits per heavy atom. The van der Waals surface area contributed by atoms with Crippen molar-refractivity contribution in [2.45, 2.75) is 77.0 Å². The highest BCUT2D eigenvalue weighted by molar-refractivity contribution is 6.23. The fourth-order valence-corrected chi connectivity index (χ4v) is 17.5. The molecule has 0 radical (unpaired) electrons. The van der Waals surface area contributed by atoms with Gasteiger partial charge in [0.15, 0.2) is 11.2 Å². The molecule has 0 N–H and O–H groups in total. The molecule has 0 atom stereocenters. The van der Waals surface area contributed by atoms with Gasteiger partial charge in [0.2, 0.25) is 0 Å². The highest BCUT2D eigenvalue weighted by Gasteiger charge is 2.58. The molecule has 2 spiro atoms. The molecule has 13 aromatic carbocycles. The molecule has 19 rings (SSSR count). The quantitative estimate of drug-likeness (QED) is 0.166. The van der Waals surface area contributed by atoms with Crippen LogP contribution < -0.4 is 9.80 Å². The number of hydrogen-bond acceptors (Lipinski definition) is 4. The van der Waals surface area contributed by atoms with Gasteiger partial charge in [-0.15, -0.1) is 0 Å². The van der Waals surface area contributed by atoms with E-state index in [2.05, 4.69) is 332 Å². The number of para-hydroxylation sites is 4. The van der Waals surface area contributed by atoms with Gasteiger partial charge < -0.3 is 18.6 Å². The summed E-state index contributed by atoms with van der Waals surface area (Å²) in [6.45, 7) is 18.2. The lowest BCUT2D eigenvalue weighted by Gasteiger charge is -2.33. The minimum absolute atomic E-state index is 0.0334. The van der Waals surface area contributed by atoms with E-state index in [-0.39, 0.29) is 10.8 Å². The second kappa shape index (κ2) is 19.3. The molecule has 0 saturated carbocycles. The van der Waals surface area contributed by atoms with E-state index < -0.39 is 10.8 Å². The van der Waals surface area contributed by atoms with Crippen molar-refractivity contribution in [1.82, 2.24) is 0 Å². The summed E-state index contributed by atoms with van der Waals surface area (Å²) in [7, 11) is 0. The first-order valence-electron chi connectivity index (χ1n) is 33.2. The Kier molecular flexibility index (Phi) is 11.3. The molecule has 15 aromatic rings. The summed E-state index contributed by atoms with van der Waals surface area (Å²) in [5.74, 6) is 0. The summed E-state index contributed by atoms with van der Waals surface area (Å²) in [6, 6.07) is 101. The molecule has 0 aliphatic heterocycles. The fraction of sp³-hybridized carbons (Fsp3) is 0.133. The summed E-state index contributed by atoms with van der Waals surface area (Å²) >= 11 is 0. The number of hydrogen-bond donors (Lipinski definition) is 0. The molecular formula is C90H68N2O2. The zero-order valence-corrected chi connectivity index (χ0v) is 54.1. The highest BCUT2D eigenvalue weighted by Crippen LogP contribution is 2.71. The zero-order chi connectivity index (χ0) is 63.3. The number of nitrogens with zero attached hydrogens (tertiary/aromatic N) is 2. The highest BCUT2D eigenvalue weighted by atomic mass is 16.3. The molecule has 0 unspecified atom stereocenters. The number of benzene rings is 13. The molecular weight excluding hydrogens is 1140 g/mol. The Labute approximate surface area is 548 Å². The van der Waals surface area contributed by atoms with Gasteiger partial charge in [0, 0.05) is 44.3 Å². The van der Waals surface area contributed by atoms with Crippen LogP contribution in [-0.2, 0) is 21.7 Å². The molecule has 4 nitrogen and oxygen atoms in total. The zero-order valence-electron chi connectivity index (χ0n) is 54.1. The maximum absolute atomic E-state index is 7.55. The van der Waals surface area contributed by atoms with Gasteiger partial charge in [0.1, 0.15) is 11.2 Å². The van der Waals surface area contributed by atoms with E-state index in [0.29, 0.717) is 0 Å². The van der Waals surface area contributed by atoms with E-state index in [1.54, 1.807) is 0 Å². The van der Waals surface area contributed by atoms with Crippen LogP contribution in [0.25, 0.3) is 88.4 Å². The molecule has 2 heterocycles. The Morgan fingerprint density at radius 2 is 0.606 bits per heavy atom. The molecule has 4 aliphatic rings. The monoisotopic (exact) mass is 1210 g/mol. The normalized spacial score (nSPS) is 14.1. The van der Waals surface area contributed by atoms with Crippen molar-refractivity contribution in [3.8, 4) is 44.5 Å². The van der Waals surface area contributed by atoms with Gasteiger partial charge in [-0.3, -0.25) is 0 Å². The first-order valence-corrected chi connectivity index (χ1v) is 33.2. The number of aryl methyl sites for hydroxylation is 2. The average Bonchev–Trinajstić information content (AvgIpc) is 1.48. The number of rotatable bonds is 6. The van der Waals surface area contributed by atoms with Crippen LogP contribution in [0.4, 0.5) is 34.1 Å². The van der Waals surface area contributed by atoms with Gasteiger partial charge in [0.25, 0.3) is 0 Å². The number of anilines is 6. The predicted octanol–water partition coefficient (Wildman–Crippen LogP) is 24.3. The molecule has 4 heteroatoms. The van der Waals surface area contributed by atoms with Gasteiger partial charge in [-0.1, -0.05) is 236 Å². The molecule has 450 valence electrons. The van der Waals surface area contributed by atoms with Crippen LogP contribution in [0.15, 0.2) is 276 Å². The lowest BCUT2D eigenvalue weighted by Crippen LogP contribution is -2.27. The van der Waals surface area contributed by atoms with Crippen LogP contribution in [0.5, 0.6) is 0 Å². The topological polar surface area (TPSA) is 32.8 Å². The standard InChI is InChI=1S/C90H68N2O2/c1-53-25-9-21-37-75(53)91(57-45-41-55(42-46-57)87(3,4)5)77-51-73-81(83-63-31-15-23-39-79(63)93-85(77)83)65-49-72-66(50-71(65)89(73)67-33-17-11-27-59(67)60-28-12-18-34-68(60)89)82-74(90(72)69-35-19-13-29-61(69)62-30-14-20-36-70(62)90)52-78(86-84(82)64-32-16-24-40-80(64)94-86)92(76-38-22-10-26-54(76)2)58-47-43-56(44-48-58)88(6,7)8/h9-52H,1-8H3. The number of furan rings is 2. The Hall–Kier alpha value is -10.9. The molecule has 94 heavy (non-hydrogen) atoms. The molecule has 0 amide bonds. The first-order chi connectivity index (χ1) is 45.7. The van der Waals surface area contributed by atoms with E-state index in [1.807, 2.05) is 0 Å². The van der Waals surface area contributed by atoms with Crippen LogP contribution in [-0.4, -0.2) is 0 Å². The molecule has 2 aromatic heterocycles. The lowest BCUT2D eigenvalue weighted by atomic mass is 9.68. The number of fused-ring (bicyclic) bond motifs is 28. The molecule has 0 bridgehead atoms. The van der Waals surface area contributed by atoms with E-state index in [0.717, 1.165) is 78.0 Å². The Balaban J connectivity index is 0.995. The summed E-state index contributed by atoms with van der Waals surface area (Å²) in [4.78, 5) is 4.96. The summed E-state index contributed by atoms with van der Waals surface area (Å²) in [5.41, 5.74) is 32.9. The van der Waals surface area contributed by atoms with Crippen molar-refractivity contribution in [3.05, 3.63) is 334 Å². The summed E-state index contributed by atoms with van der Waals surface area (Å²) < 4.78 is 15.1. The van der Waals surface area contributed by atoms with Crippen molar-refractivity contribution in [1.29, 1.82) is 0 Å². The van der Waals surface area contributed by atoms with Crippen molar-refractivity contribution >= 4 is 78.0 Å². The second-order valence-corrected chi connectivity index (χ2v) is 28.7. The third-order valence-electron chi connectivity index (χ3n) is 21.7. The van der Waals surface area contributed by atoms with Gasteiger partial charge >= 0.3 is 0 Å². The molecule has 0 saturated heterocycles. The average molecular weight is 1210 g/mol. The van der Waals surface area contributed by atoms with Crippen molar-refractivity contribution in [2.24, 2.45) is 0 Å². The maximum Gasteiger partial charge on any atom is 0.160 e. The van der Waals surface area contributed by atoms with Gasteiger partial charge in [0.05, 0.1) is 22.2 Å². The van der Waals surface area contributed by atoms with E-state index in [1.165, 1.54) is 111 Å². The summed E-state index contributed by atoms with van der Waals surface area (Å²) in [5, 5.41) is 4.40. The maximum atomic E-state index is 7.55. The molecule has 4 aliphatic carbocycles.